The minimum atomic E-state index is -0.797. The zero-order chi connectivity index (χ0) is 21.2. The average Bonchev–Trinajstić information content (AvgIpc) is 3.05. The van der Waals surface area contributed by atoms with Crippen LogP contribution in [0.4, 0.5) is 17.5 Å². The van der Waals surface area contributed by atoms with Crippen LogP contribution in [-0.2, 0) is 13.6 Å². The largest absolute Gasteiger partial charge is 0.495 e. The molecule has 0 bridgehead atoms. The molecule has 9 nitrogen and oxygen atoms in total. The number of nitrogens with two attached hydrogens (primary N) is 1. The van der Waals surface area contributed by atoms with Crippen LogP contribution in [0.15, 0.2) is 24.5 Å². The number of fused-ring (bicyclic) bond motifs is 1. The molecule has 2 aromatic heterocycles. The first-order valence-corrected chi connectivity index (χ1v) is 9.51. The van der Waals surface area contributed by atoms with Crippen LogP contribution in [0.2, 0.25) is 0 Å². The number of aryl methyl sites for hydroxylation is 1. The minimum Gasteiger partial charge on any atom is -0.495 e. The monoisotopic (exact) mass is 399 g/mol. The number of anilines is 3. The summed E-state index contributed by atoms with van der Waals surface area (Å²) in [5.41, 5.74) is 8.25. The zero-order valence-electron chi connectivity index (χ0n) is 17.5. The summed E-state index contributed by atoms with van der Waals surface area (Å²) in [5.74, 6) is 1.73. The van der Waals surface area contributed by atoms with Gasteiger partial charge in [-0.3, -0.25) is 0 Å². The fraction of sp³-hybridized carbons (Fsp3) is 0.450. The van der Waals surface area contributed by atoms with Crippen LogP contribution in [0.3, 0.4) is 0 Å². The number of rotatable bonds is 8. The van der Waals surface area contributed by atoms with E-state index < -0.39 is 5.60 Å². The topological polar surface area (TPSA) is 123 Å². The van der Waals surface area contributed by atoms with Gasteiger partial charge in [-0.2, -0.15) is 9.97 Å². The van der Waals surface area contributed by atoms with Crippen LogP contribution in [-0.4, -0.2) is 43.9 Å². The Bertz CT molecular complexity index is 994. The highest BCUT2D eigenvalue weighted by atomic mass is 16.5. The van der Waals surface area contributed by atoms with Gasteiger partial charge in [0.15, 0.2) is 17.0 Å². The lowest BCUT2D eigenvalue weighted by Gasteiger charge is -2.25. The quantitative estimate of drug-likeness (QED) is 0.426. The second-order valence-electron chi connectivity index (χ2n) is 7.75. The van der Waals surface area contributed by atoms with Gasteiger partial charge in [-0.15, -0.1) is 0 Å². The van der Waals surface area contributed by atoms with Gasteiger partial charge in [0, 0.05) is 26.1 Å². The number of para-hydroxylation sites is 1. The van der Waals surface area contributed by atoms with Gasteiger partial charge < -0.3 is 30.8 Å². The van der Waals surface area contributed by atoms with Crippen molar-refractivity contribution in [2.75, 3.05) is 30.0 Å². The number of methoxy groups -OCH3 is 1. The molecular formula is C20H29N7O2. The Kier molecular flexibility index (Phi) is 5.78. The van der Waals surface area contributed by atoms with Gasteiger partial charge in [-0.1, -0.05) is 19.1 Å². The first-order chi connectivity index (χ1) is 13.7. The molecule has 9 heteroatoms. The van der Waals surface area contributed by atoms with E-state index in [4.69, 9.17) is 10.5 Å². The molecular weight excluding hydrogens is 370 g/mol. The van der Waals surface area contributed by atoms with Gasteiger partial charge in [0.25, 0.3) is 0 Å². The smallest absolute Gasteiger partial charge is 0.226 e. The lowest BCUT2D eigenvalue weighted by Crippen LogP contribution is -2.33. The molecule has 0 aliphatic carbocycles. The van der Waals surface area contributed by atoms with Crippen LogP contribution in [0.1, 0.15) is 26.3 Å². The summed E-state index contributed by atoms with van der Waals surface area (Å²) < 4.78 is 7.13. The third kappa shape index (κ3) is 4.51. The minimum absolute atomic E-state index is 0.0151. The third-order valence-electron chi connectivity index (χ3n) is 5.15. The van der Waals surface area contributed by atoms with Gasteiger partial charge in [0.05, 0.1) is 24.7 Å². The maximum atomic E-state index is 10.2. The third-order valence-corrected chi connectivity index (χ3v) is 5.15. The van der Waals surface area contributed by atoms with Crippen LogP contribution < -0.4 is 21.1 Å². The predicted molar refractivity (Wildman–Crippen MR) is 115 cm³/mol. The van der Waals surface area contributed by atoms with Crippen molar-refractivity contribution in [2.24, 2.45) is 13.0 Å². The molecule has 1 atom stereocenters. The van der Waals surface area contributed by atoms with E-state index in [0.29, 0.717) is 47.5 Å². The van der Waals surface area contributed by atoms with Gasteiger partial charge >= 0.3 is 0 Å². The highest BCUT2D eigenvalue weighted by molar-refractivity contribution is 5.84. The maximum absolute atomic E-state index is 10.2. The number of aromatic nitrogens is 4. The Balaban J connectivity index is 1.85. The summed E-state index contributed by atoms with van der Waals surface area (Å²) in [5, 5.41) is 16.7. The molecule has 0 fully saturated rings. The van der Waals surface area contributed by atoms with Gasteiger partial charge in [0.2, 0.25) is 5.95 Å². The van der Waals surface area contributed by atoms with Crippen molar-refractivity contribution < 1.29 is 9.84 Å². The second kappa shape index (κ2) is 8.12. The fourth-order valence-corrected chi connectivity index (χ4v) is 2.80. The van der Waals surface area contributed by atoms with Crippen LogP contribution in [0.5, 0.6) is 5.75 Å². The normalized spacial score (nSPS) is 12.8. The van der Waals surface area contributed by atoms with Crippen molar-refractivity contribution >= 4 is 28.6 Å². The van der Waals surface area contributed by atoms with E-state index in [1.165, 1.54) is 0 Å². The van der Waals surface area contributed by atoms with Crippen molar-refractivity contribution in [2.45, 2.75) is 32.9 Å². The molecule has 156 valence electrons. The Morgan fingerprint density at radius 1 is 1.28 bits per heavy atom. The molecule has 5 N–H and O–H groups in total. The first-order valence-electron chi connectivity index (χ1n) is 9.51. The predicted octanol–water partition coefficient (Wildman–Crippen LogP) is 2.39. The first kappa shape index (κ1) is 20.7. The second-order valence-corrected chi connectivity index (χ2v) is 7.75. The molecule has 2 heterocycles. The summed E-state index contributed by atoms with van der Waals surface area (Å²) in [6.45, 7) is 6.55. The van der Waals surface area contributed by atoms with Crippen LogP contribution in [0, 0.1) is 5.92 Å². The number of ether oxygens (including phenoxy) is 1. The highest BCUT2D eigenvalue weighted by Gasteiger charge is 2.22. The lowest BCUT2D eigenvalue weighted by molar-refractivity contribution is 0.0303. The van der Waals surface area contributed by atoms with Crippen molar-refractivity contribution in [3.05, 3.63) is 30.1 Å². The molecule has 3 aromatic rings. The van der Waals surface area contributed by atoms with Gasteiger partial charge in [-0.05, 0) is 25.5 Å². The zero-order valence-corrected chi connectivity index (χ0v) is 17.5. The average molecular weight is 399 g/mol. The molecule has 3 rings (SSSR count). The number of imidazole rings is 1. The summed E-state index contributed by atoms with van der Waals surface area (Å²) in [7, 11) is 3.48. The molecule has 1 aromatic carbocycles. The van der Waals surface area contributed by atoms with E-state index in [-0.39, 0.29) is 5.92 Å². The summed E-state index contributed by atoms with van der Waals surface area (Å²) in [4.78, 5) is 13.6. The van der Waals surface area contributed by atoms with E-state index in [1.807, 2.05) is 36.7 Å². The van der Waals surface area contributed by atoms with Crippen LogP contribution >= 0.6 is 0 Å². The van der Waals surface area contributed by atoms with Gasteiger partial charge in [-0.25, -0.2) is 4.98 Å². The van der Waals surface area contributed by atoms with E-state index in [0.717, 1.165) is 5.56 Å². The summed E-state index contributed by atoms with van der Waals surface area (Å²) in [6, 6.07) is 5.66. The maximum Gasteiger partial charge on any atom is 0.226 e. The van der Waals surface area contributed by atoms with Gasteiger partial charge in [0.1, 0.15) is 5.75 Å². The number of nitrogen functional groups attached to an aromatic ring is 1. The van der Waals surface area contributed by atoms with E-state index in [1.54, 1.807) is 27.3 Å². The molecule has 1 unspecified atom stereocenters. The Morgan fingerprint density at radius 2 is 2.03 bits per heavy atom. The van der Waals surface area contributed by atoms with Crippen molar-refractivity contribution in [1.82, 2.24) is 19.5 Å². The highest BCUT2D eigenvalue weighted by Crippen LogP contribution is 2.27. The molecule has 0 spiro atoms. The number of nitrogens with zero attached hydrogens (tertiary/aromatic N) is 4. The van der Waals surface area contributed by atoms with E-state index >= 15 is 0 Å². The number of nitrogens with one attached hydrogen (secondary N) is 2. The Morgan fingerprint density at radius 3 is 2.72 bits per heavy atom. The van der Waals surface area contributed by atoms with Crippen molar-refractivity contribution in [3.8, 4) is 5.75 Å². The number of aliphatic hydroxyl groups is 1. The fourth-order valence-electron chi connectivity index (χ4n) is 2.80. The molecule has 0 aliphatic heterocycles. The molecule has 0 amide bonds. The lowest BCUT2D eigenvalue weighted by atomic mass is 9.93. The van der Waals surface area contributed by atoms with Crippen LogP contribution in [0.25, 0.3) is 11.2 Å². The molecule has 0 aliphatic rings. The van der Waals surface area contributed by atoms with E-state index in [2.05, 4.69) is 25.6 Å². The summed E-state index contributed by atoms with van der Waals surface area (Å²) >= 11 is 0. The number of hydrogen-bond donors (Lipinski definition) is 4. The molecule has 0 saturated carbocycles. The standard InChI is InChI=1S/C20H29N7O2/c1-12(20(2,3)28)9-23-19-25-17(16-18(26-19)27(4)11-24-16)22-10-13-7-6-8-14(29-5)15(13)21/h6-8,11-12,28H,9-10,21H2,1-5H3,(H2,22,23,25,26). The Hall–Kier alpha value is -3.07. The molecule has 0 radical (unpaired) electrons. The number of hydrogen-bond acceptors (Lipinski definition) is 8. The van der Waals surface area contributed by atoms with Crippen molar-refractivity contribution in [1.29, 1.82) is 0 Å². The van der Waals surface area contributed by atoms with Crippen molar-refractivity contribution in [3.63, 3.8) is 0 Å². The number of benzene rings is 1. The summed E-state index contributed by atoms with van der Waals surface area (Å²) in [6.07, 6.45) is 1.70. The molecule has 0 saturated heterocycles. The van der Waals surface area contributed by atoms with E-state index in [9.17, 15) is 5.11 Å². The SMILES string of the molecule is COc1cccc(CNc2nc(NCC(C)C(C)(C)O)nc3c2ncn3C)c1N. The Labute approximate surface area is 170 Å². The molecule has 29 heavy (non-hydrogen) atoms.